The van der Waals surface area contributed by atoms with Crippen molar-refractivity contribution in [1.82, 2.24) is 4.31 Å². The molecule has 3 aromatic carbocycles. The Labute approximate surface area is 234 Å². The molecule has 1 aliphatic rings. The number of hydrogen-bond acceptors (Lipinski definition) is 6. The monoisotopic (exact) mass is 591 g/mol. The summed E-state index contributed by atoms with van der Waals surface area (Å²) in [6.07, 6.45) is 2.55. The summed E-state index contributed by atoms with van der Waals surface area (Å²) in [5.74, 6) is -0.452. The molecule has 1 amide bonds. The first-order chi connectivity index (χ1) is 18.5. The number of aryl methyl sites for hydroxylation is 1. The van der Waals surface area contributed by atoms with E-state index in [1.807, 2.05) is 6.92 Å². The van der Waals surface area contributed by atoms with Crippen LogP contribution in [0, 0.1) is 6.92 Å². The van der Waals surface area contributed by atoms with Crippen LogP contribution >= 0.6 is 11.6 Å². The van der Waals surface area contributed by atoms with E-state index in [4.69, 9.17) is 16.3 Å². The molecule has 0 radical (unpaired) electrons. The van der Waals surface area contributed by atoms with Gasteiger partial charge in [0.2, 0.25) is 15.9 Å². The fraction of sp³-hybridized carbons (Fsp3) is 0.296. The third kappa shape index (κ3) is 6.55. The lowest BCUT2D eigenvalue weighted by molar-refractivity contribution is -0.114. The number of carbonyl (C=O) groups excluding carboxylic acids is 1. The van der Waals surface area contributed by atoms with Crippen molar-refractivity contribution in [3.8, 4) is 5.75 Å². The van der Waals surface area contributed by atoms with Gasteiger partial charge in [-0.25, -0.2) is 16.8 Å². The van der Waals surface area contributed by atoms with Crippen LogP contribution in [0.1, 0.15) is 24.8 Å². The molecule has 0 aromatic heterocycles. The summed E-state index contributed by atoms with van der Waals surface area (Å²) < 4.78 is 61.4. The van der Waals surface area contributed by atoms with Crippen LogP contribution < -0.4 is 14.4 Å². The Balaban J connectivity index is 1.65. The molecule has 4 rings (SSSR count). The third-order valence-electron chi connectivity index (χ3n) is 6.41. The zero-order chi connectivity index (χ0) is 28.2. The molecule has 0 unspecified atom stereocenters. The largest absolute Gasteiger partial charge is 0.495 e. The van der Waals surface area contributed by atoms with Crippen LogP contribution in [-0.4, -0.2) is 53.8 Å². The molecule has 1 aliphatic heterocycles. The smallest absolute Gasteiger partial charge is 0.264 e. The molecule has 9 nitrogen and oxygen atoms in total. The van der Waals surface area contributed by atoms with E-state index >= 15 is 0 Å². The van der Waals surface area contributed by atoms with Gasteiger partial charge >= 0.3 is 0 Å². The van der Waals surface area contributed by atoms with E-state index in [0.717, 1.165) is 29.1 Å². The van der Waals surface area contributed by atoms with Crippen molar-refractivity contribution < 1.29 is 26.4 Å². The van der Waals surface area contributed by atoms with Crippen LogP contribution in [0.5, 0.6) is 5.75 Å². The quantitative estimate of drug-likeness (QED) is 0.387. The van der Waals surface area contributed by atoms with Crippen molar-refractivity contribution in [1.29, 1.82) is 0 Å². The fourth-order valence-electron chi connectivity index (χ4n) is 4.28. The predicted octanol–water partition coefficient (Wildman–Crippen LogP) is 4.67. The Bertz CT molecular complexity index is 1540. The maximum atomic E-state index is 13.6. The predicted molar refractivity (Wildman–Crippen MR) is 151 cm³/mol. The Morgan fingerprint density at radius 3 is 2.15 bits per heavy atom. The molecule has 208 valence electrons. The summed E-state index contributed by atoms with van der Waals surface area (Å²) >= 11 is 6.01. The summed E-state index contributed by atoms with van der Waals surface area (Å²) in [5.41, 5.74) is 1.24. The lowest BCUT2D eigenvalue weighted by atomic mass is 10.2. The summed E-state index contributed by atoms with van der Waals surface area (Å²) in [7, 11) is -6.51. The van der Waals surface area contributed by atoms with E-state index in [1.54, 1.807) is 12.1 Å². The fourth-order valence-corrected chi connectivity index (χ4v) is 7.37. The van der Waals surface area contributed by atoms with Gasteiger partial charge in [-0.3, -0.25) is 9.10 Å². The first kappa shape index (κ1) is 28.9. The number of nitrogens with zero attached hydrogens (tertiary/aromatic N) is 2. The third-order valence-corrected chi connectivity index (χ3v) is 10.3. The Morgan fingerprint density at radius 2 is 1.54 bits per heavy atom. The number of rotatable bonds is 9. The van der Waals surface area contributed by atoms with Gasteiger partial charge in [-0.15, -0.1) is 0 Å². The van der Waals surface area contributed by atoms with Gasteiger partial charge in [0.25, 0.3) is 10.0 Å². The first-order valence-electron chi connectivity index (χ1n) is 12.4. The van der Waals surface area contributed by atoms with Crippen LogP contribution in [0.15, 0.2) is 76.5 Å². The molecular weight excluding hydrogens is 562 g/mol. The molecule has 0 bridgehead atoms. The Kier molecular flexibility index (Phi) is 8.85. The topological polar surface area (TPSA) is 113 Å². The molecule has 1 heterocycles. The maximum Gasteiger partial charge on any atom is 0.264 e. The number of methoxy groups -OCH3 is 1. The molecule has 0 aliphatic carbocycles. The van der Waals surface area contributed by atoms with E-state index in [-0.39, 0.29) is 26.9 Å². The first-order valence-corrected chi connectivity index (χ1v) is 15.6. The van der Waals surface area contributed by atoms with Gasteiger partial charge in [0, 0.05) is 18.1 Å². The lowest BCUT2D eigenvalue weighted by Gasteiger charge is -2.26. The number of carbonyl (C=O) groups is 1. The number of ether oxygens (including phenoxy) is 1. The maximum absolute atomic E-state index is 13.6. The second-order valence-corrected chi connectivity index (χ2v) is 13.4. The SMILES string of the molecule is COc1ccc(S(=O)(=O)N2CCCCC2)cc1NC(=O)CN(c1ccc(Cl)cc1)S(=O)(=O)c1ccc(C)cc1. The molecule has 1 fully saturated rings. The highest BCUT2D eigenvalue weighted by Crippen LogP contribution is 2.31. The van der Waals surface area contributed by atoms with Crippen molar-refractivity contribution in [3.63, 3.8) is 0 Å². The number of halogens is 1. The molecule has 0 spiro atoms. The van der Waals surface area contributed by atoms with Crippen molar-refractivity contribution in [3.05, 3.63) is 77.3 Å². The normalized spacial score (nSPS) is 14.5. The van der Waals surface area contributed by atoms with E-state index in [0.29, 0.717) is 18.1 Å². The number of amides is 1. The van der Waals surface area contributed by atoms with Crippen molar-refractivity contribution in [2.75, 3.05) is 36.4 Å². The minimum atomic E-state index is -4.14. The minimum absolute atomic E-state index is 0.0161. The van der Waals surface area contributed by atoms with Crippen molar-refractivity contribution >= 4 is 48.9 Å². The Morgan fingerprint density at radius 1 is 0.923 bits per heavy atom. The van der Waals surface area contributed by atoms with E-state index in [1.165, 1.54) is 66.0 Å². The standard InChI is InChI=1S/C27H30ClN3O6S2/c1-20-6-12-23(13-7-20)39(35,36)31(22-10-8-21(28)9-11-22)19-27(32)29-25-18-24(14-15-26(25)37-2)38(33,34)30-16-4-3-5-17-30/h6-15,18H,3-5,16-17,19H2,1-2H3,(H,29,32). The molecular formula is C27H30ClN3O6S2. The van der Waals surface area contributed by atoms with Gasteiger partial charge in [0.1, 0.15) is 12.3 Å². The molecule has 12 heteroatoms. The van der Waals surface area contributed by atoms with E-state index < -0.39 is 32.5 Å². The summed E-state index contributed by atoms with van der Waals surface area (Å²) in [6, 6.07) is 16.6. The second kappa shape index (κ2) is 12.0. The highest BCUT2D eigenvalue weighted by Gasteiger charge is 2.29. The van der Waals surface area contributed by atoms with Gasteiger partial charge in [-0.2, -0.15) is 4.31 Å². The van der Waals surface area contributed by atoms with Gasteiger partial charge in [0.05, 0.1) is 28.3 Å². The van der Waals surface area contributed by atoms with Crippen LogP contribution in [-0.2, 0) is 24.8 Å². The van der Waals surface area contributed by atoms with Gasteiger partial charge in [-0.05, 0) is 74.4 Å². The molecule has 0 atom stereocenters. The van der Waals surface area contributed by atoms with Crippen LogP contribution in [0.2, 0.25) is 5.02 Å². The van der Waals surface area contributed by atoms with E-state index in [2.05, 4.69) is 5.32 Å². The highest BCUT2D eigenvalue weighted by molar-refractivity contribution is 7.92. The average molecular weight is 592 g/mol. The second-order valence-electron chi connectivity index (χ2n) is 9.18. The number of sulfonamides is 2. The zero-order valence-electron chi connectivity index (χ0n) is 21.6. The van der Waals surface area contributed by atoms with Crippen LogP contribution in [0.25, 0.3) is 0 Å². The number of anilines is 2. The number of hydrogen-bond donors (Lipinski definition) is 1. The van der Waals surface area contributed by atoms with Gasteiger partial charge < -0.3 is 10.1 Å². The van der Waals surface area contributed by atoms with Crippen LogP contribution in [0.4, 0.5) is 11.4 Å². The van der Waals surface area contributed by atoms with Crippen LogP contribution in [0.3, 0.4) is 0 Å². The summed E-state index contributed by atoms with van der Waals surface area (Å²) in [6.45, 7) is 2.13. The van der Waals surface area contributed by atoms with Gasteiger partial charge in [-0.1, -0.05) is 35.7 Å². The number of piperidine rings is 1. The molecule has 39 heavy (non-hydrogen) atoms. The molecule has 1 saturated heterocycles. The molecule has 1 N–H and O–H groups in total. The minimum Gasteiger partial charge on any atom is -0.495 e. The number of nitrogens with one attached hydrogen (secondary N) is 1. The van der Waals surface area contributed by atoms with Crippen molar-refractivity contribution in [2.45, 2.75) is 36.0 Å². The van der Waals surface area contributed by atoms with Crippen molar-refractivity contribution in [2.24, 2.45) is 0 Å². The zero-order valence-corrected chi connectivity index (χ0v) is 24.0. The molecule has 3 aromatic rings. The van der Waals surface area contributed by atoms with Gasteiger partial charge in [0.15, 0.2) is 0 Å². The highest BCUT2D eigenvalue weighted by atomic mass is 35.5. The number of benzene rings is 3. The summed E-state index contributed by atoms with van der Waals surface area (Å²) in [5, 5.41) is 3.05. The molecule has 0 saturated carbocycles. The lowest BCUT2D eigenvalue weighted by Crippen LogP contribution is -2.38. The van der Waals surface area contributed by atoms with E-state index in [9.17, 15) is 21.6 Å². The average Bonchev–Trinajstić information content (AvgIpc) is 2.93. The summed E-state index contributed by atoms with van der Waals surface area (Å²) in [4.78, 5) is 13.3. The Hall–Kier alpha value is -3.12.